The standard InChI is InChI=1S/C23H20F3NO5S/c1-22(2)11-31-19-15(7-13(10-30-3)8-16(19)22)14-6-12(4-5-17(14)32-23(24,25)26)9-18-20(28)27-21(29)33-18/h4-9H,10-11H2,1-3H3,(H,27,28,29)/b18-9-. The second kappa shape index (κ2) is 8.42. The summed E-state index contributed by atoms with van der Waals surface area (Å²) in [5.74, 6) is -0.496. The van der Waals surface area contributed by atoms with Gasteiger partial charge in [-0.15, -0.1) is 13.2 Å². The van der Waals surface area contributed by atoms with Crippen LogP contribution in [-0.2, 0) is 21.6 Å². The first-order chi connectivity index (χ1) is 15.5. The molecule has 2 aliphatic rings. The largest absolute Gasteiger partial charge is 0.573 e. The fraction of sp³-hybridized carbons (Fsp3) is 0.304. The average molecular weight is 479 g/mol. The SMILES string of the molecule is COCc1cc(-c2cc(/C=C3\SC(=O)NC3=O)ccc2OC(F)(F)F)c2c(c1)C(C)(C)CO2. The Morgan fingerprint density at radius 3 is 2.58 bits per heavy atom. The van der Waals surface area contributed by atoms with Crippen LogP contribution in [0.2, 0.25) is 0 Å². The fourth-order valence-electron chi connectivity index (χ4n) is 3.76. The number of rotatable bonds is 5. The van der Waals surface area contributed by atoms with E-state index in [1.165, 1.54) is 31.4 Å². The van der Waals surface area contributed by atoms with Crippen molar-refractivity contribution in [2.24, 2.45) is 0 Å². The van der Waals surface area contributed by atoms with Crippen LogP contribution >= 0.6 is 11.8 Å². The van der Waals surface area contributed by atoms with Crippen LogP contribution in [0.15, 0.2) is 35.2 Å². The molecule has 0 saturated carbocycles. The number of imide groups is 1. The number of thioether (sulfide) groups is 1. The van der Waals surface area contributed by atoms with Crippen LogP contribution in [0.5, 0.6) is 11.5 Å². The van der Waals surface area contributed by atoms with Crippen LogP contribution in [0, 0.1) is 0 Å². The van der Waals surface area contributed by atoms with E-state index in [2.05, 4.69) is 10.1 Å². The van der Waals surface area contributed by atoms with Crippen LogP contribution < -0.4 is 14.8 Å². The lowest BCUT2D eigenvalue weighted by Gasteiger charge is -2.19. The van der Waals surface area contributed by atoms with Crippen LogP contribution in [-0.4, -0.2) is 31.2 Å². The van der Waals surface area contributed by atoms with Crippen molar-refractivity contribution in [3.8, 4) is 22.6 Å². The summed E-state index contributed by atoms with van der Waals surface area (Å²) in [5, 5.41) is 1.64. The zero-order valence-corrected chi connectivity index (χ0v) is 18.8. The average Bonchev–Trinajstić information content (AvgIpc) is 3.19. The van der Waals surface area contributed by atoms with Gasteiger partial charge in [0.2, 0.25) is 0 Å². The third-order valence-electron chi connectivity index (χ3n) is 5.23. The van der Waals surface area contributed by atoms with Crippen LogP contribution in [0.1, 0.15) is 30.5 Å². The molecule has 2 aliphatic heterocycles. The number of carbonyl (C=O) groups is 2. The highest BCUT2D eigenvalue weighted by molar-refractivity contribution is 8.18. The normalized spacial score (nSPS) is 18.3. The second-order valence-electron chi connectivity index (χ2n) is 8.28. The highest BCUT2D eigenvalue weighted by Crippen LogP contribution is 2.48. The Morgan fingerprint density at radius 1 is 1.18 bits per heavy atom. The van der Waals surface area contributed by atoms with E-state index in [0.29, 0.717) is 23.5 Å². The van der Waals surface area contributed by atoms with E-state index in [0.717, 1.165) is 22.9 Å². The molecule has 0 radical (unpaired) electrons. The lowest BCUT2D eigenvalue weighted by Crippen LogP contribution is -2.18. The molecule has 0 aliphatic carbocycles. The number of alkyl halides is 3. The van der Waals surface area contributed by atoms with E-state index < -0.39 is 23.3 Å². The Hall–Kier alpha value is -2.98. The molecule has 1 fully saturated rings. The van der Waals surface area contributed by atoms with Gasteiger partial charge in [0, 0.05) is 29.2 Å². The third-order valence-corrected chi connectivity index (χ3v) is 6.04. The number of amides is 2. The van der Waals surface area contributed by atoms with Crippen molar-refractivity contribution in [3.05, 3.63) is 51.9 Å². The molecule has 2 heterocycles. The number of ether oxygens (including phenoxy) is 3. The molecule has 0 atom stereocenters. The Balaban J connectivity index is 1.91. The minimum absolute atomic E-state index is 0.142. The molecule has 0 bridgehead atoms. The van der Waals surface area contributed by atoms with Gasteiger partial charge in [-0.3, -0.25) is 14.9 Å². The lowest BCUT2D eigenvalue weighted by atomic mass is 9.84. The molecule has 2 aromatic carbocycles. The van der Waals surface area contributed by atoms with Crippen molar-refractivity contribution in [2.45, 2.75) is 32.2 Å². The lowest BCUT2D eigenvalue weighted by molar-refractivity contribution is -0.274. The summed E-state index contributed by atoms with van der Waals surface area (Å²) in [7, 11) is 1.53. The smallest absolute Gasteiger partial charge is 0.492 e. The van der Waals surface area contributed by atoms with Gasteiger partial charge in [0.05, 0.1) is 18.1 Å². The minimum Gasteiger partial charge on any atom is -0.492 e. The number of fused-ring (bicyclic) bond motifs is 1. The topological polar surface area (TPSA) is 73.9 Å². The van der Waals surface area contributed by atoms with E-state index >= 15 is 0 Å². The molecule has 0 spiro atoms. The molecule has 4 rings (SSSR count). The number of halogens is 3. The van der Waals surface area contributed by atoms with Crippen molar-refractivity contribution < 1.29 is 37.0 Å². The summed E-state index contributed by atoms with van der Waals surface area (Å²) in [5.41, 5.74) is 2.26. The zero-order chi connectivity index (χ0) is 24.0. The van der Waals surface area contributed by atoms with Gasteiger partial charge in [0.15, 0.2) is 0 Å². The highest BCUT2D eigenvalue weighted by atomic mass is 32.2. The van der Waals surface area contributed by atoms with E-state index in [1.807, 2.05) is 19.9 Å². The molecule has 2 aromatic rings. The van der Waals surface area contributed by atoms with E-state index in [1.54, 1.807) is 6.07 Å². The summed E-state index contributed by atoms with van der Waals surface area (Å²) < 4.78 is 55.0. The summed E-state index contributed by atoms with van der Waals surface area (Å²) in [6.07, 6.45) is -3.47. The van der Waals surface area contributed by atoms with Gasteiger partial charge >= 0.3 is 6.36 Å². The molecule has 2 amide bonds. The van der Waals surface area contributed by atoms with Crippen molar-refractivity contribution in [1.29, 1.82) is 0 Å². The van der Waals surface area contributed by atoms with Crippen LogP contribution in [0.4, 0.5) is 18.0 Å². The maximum atomic E-state index is 13.2. The van der Waals surface area contributed by atoms with Gasteiger partial charge in [-0.05, 0) is 53.2 Å². The molecule has 33 heavy (non-hydrogen) atoms. The number of hydrogen-bond acceptors (Lipinski definition) is 6. The molecular formula is C23H20F3NO5S. The molecule has 0 aromatic heterocycles. The van der Waals surface area contributed by atoms with Crippen molar-refractivity contribution in [3.63, 3.8) is 0 Å². The second-order valence-corrected chi connectivity index (χ2v) is 9.30. The summed E-state index contributed by atoms with van der Waals surface area (Å²) in [4.78, 5) is 23.5. The van der Waals surface area contributed by atoms with Crippen molar-refractivity contribution in [1.82, 2.24) is 5.32 Å². The summed E-state index contributed by atoms with van der Waals surface area (Å²) in [6, 6.07) is 7.68. The van der Waals surface area contributed by atoms with E-state index in [9.17, 15) is 22.8 Å². The van der Waals surface area contributed by atoms with Crippen molar-refractivity contribution >= 4 is 29.0 Å². The van der Waals surface area contributed by atoms with Crippen molar-refractivity contribution in [2.75, 3.05) is 13.7 Å². The van der Waals surface area contributed by atoms with Gasteiger partial charge < -0.3 is 14.2 Å². The predicted molar refractivity (Wildman–Crippen MR) is 117 cm³/mol. The third kappa shape index (κ3) is 4.86. The molecule has 0 unspecified atom stereocenters. The maximum Gasteiger partial charge on any atom is 0.573 e. The zero-order valence-electron chi connectivity index (χ0n) is 18.0. The maximum absolute atomic E-state index is 13.2. The quantitative estimate of drug-likeness (QED) is 0.580. The Morgan fingerprint density at radius 2 is 1.94 bits per heavy atom. The minimum atomic E-state index is -4.91. The molecule has 1 N–H and O–H groups in total. The van der Waals surface area contributed by atoms with Crippen LogP contribution in [0.3, 0.4) is 0 Å². The van der Waals surface area contributed by atoms with Crippen LogP contribution in [0.25, 0.3) is 17.2 Å². The highest BCUT2D eigenvalue weighted by Gasteiger charge is 2.37. The van der Waals surface area contributed by atoms with E-state index in [-0.39, 0.29) is 22.5 Å². The number of hydrogen-bond donors (Lipinski definition) is 1. The first-order valence-electron chi connectivity index (χ1n) is 9.91. The monoisotopic (exact) mass is 479 g/mol. The Labute approximate surface area is 192 Å². The number of nitrogens with one attached hydrogen (secondary N) is 1. The molecule has 174 valence electrons. The van der Waals surface area contributed by atoms with Gasteiger partial charge in [0.1, 0.15) is 11.5 Å². The van der Waals surface area contributed by atoms with Gasteiger partial charge in [-0.25, -0.2) is 0 Å². The molecular weight excluding hydrogens is 459 g/mol. The summed E-state index contributed by atoms with van der Waals surface area (Å²) in [6.45, 7) is 4.60. The number of carbonyl (C=O) groups excluding carboxylic acids is 2. The summed E-state index contributed by atoms with van der Waals surface area (Å²) >= 11 is 0.722. The number of benzene rings is 2. The number of methoxy groups -OCH3 is 1. The molecule has 6 nitrogen and oxygen atoms in total. The molecule has 1 saturated heterocycles. The Kier molecular flexibility index (Phi) is 5.92. The predicted octanol–water partition coefficient (Wildman–Crippen LogP) is 5.39. The van der Waals surface area contributed by atoms with E-state index in [4.69, 9.17) is 9.47 Å². The van der Waals surface area contributed by atoms with Gasteiger partial charge in [-0.1, -0.05) is 19.9 Å². The van der Waals surface area contributed by atoms with Gasteiger partial charge in [0.25, 0.3) is 11.1 Å². The first kappa shape index (κ1) is 23.2. The Bertz CT molecular complexity index is 1170. The molecule has 10 heteroatoms. The first-order valence-corrected chi connectivity index (χ1v) is 10.7. The fourth-order valence-corrected chi connectivity index (χ4v) is 4.44. The van der Waals surface area contributed by atoms with Gasteiger partial charge in [-0.2, -0.15) is 0 Å².